The third kappa shape index (κ3) is 2.32. The van der Waals surface area contributed by atoms with Crippen LogP contribution in [-0.2, 0) is 0 Å². The molecule has 3 rings (SSSR count). The first-order valence-electron chi connectivity index (χ1n) is 6.53. The van der Waals surface area contributed by atoms with Crippen molar-refractivity contribution in [1.82, 2.24) is 0 Å². The van der Waals surface area contributed by atoms with Crippen LogP contribution in [0, 0.1) is 11.3 Å². The van der Waals surface area contributed by atoms with Crippen LogP contribution >= 0.6 is 0 Å². The second-order valence-electron chi connectivity index (χ2n) is 4.60. The summed E-state index contributed by atoms with van der Waals surface area (Å²) < 4.78 is 0. The van der Waals surface area contributed by atoms with Gasteiger partial charge in [-0.2, -0.15) is 5.26 Å². The van der Waals surface area contributed by atoms with E-state index in [4.69, 9.17) is 0 Å². The molecule has 0 spiro atoms. The Morgan fingerprint density at radius 1 is 0.800 bits per heavy atom. The first-order chi connectivity index (χ1) is 9.88. The van der Waals surface area contributed by atoms with Gasteiger partial charge in [-0.25, -0.2) is 0 Å². The highest BCUT2D eigenvalue weighted by atomic mass is 14.2. The Morgan fingerprint density at radius 3 is 2.30 bits per heavy atom. The summed E-state index contributed by atoms with van der Waals surface area (Å²) in [5.41, 5.74) is 2.70. The Balaban J connectivity index is 2.16. The zero-order valence-corrected chi connectivity index (χ0v) is 11.0. The standard InChI is InChI=1S/C19H13N/c20-14-18(15-7-2-1-3-8-15)13-17-11-6-10-16-9-4-5-12-19(16)17/h1-13H/b18-13+. The lowest BCUT2D eigenvalue weighted by Gasteiger charge is -2.03. The maximum Gasteiger partial charge on any atom is 0.0998 e. The van der Waals surface area contributed by atoms with Gasteiger partial charge in [-0.15, -0.1) is 0 Å². The van der Waals surface area contributed by atoms with Gasteiger partial charge >= 0.3 is 0 Å². The molecule has 3 aromatic carbocycles. The van der Waals surface area contributed by atoms with E-state index >= 15 is 0 Å². The van der Waals surface area contributed by atoms with Gasteiger partial charge in [0, 0.05) is 0 Å². The number of hydrogen-bond acceptors (Lipinski definition) is 1. The predicted octanol–water partition coefficient (Wildman–Crippen LogP) is 4.90. The Hall–Kier alpha value is -2.85. The quantitative estimate of drug-likeness (QED) is 0.471. The molecule has 0 bridgehead atoms. The van der Waals surface area contributed by atoms with Crippen LogP contribution in [0.25, 0.3) is 22.4 Å². The van der Waals surface area contributed by atoms with Crippen LogP contribution in [-0.4, -0.2) is 0 Å². The average Bonchev–Trinajstić information content (AvgIpc) is 2.53. The van der Waals surface area contributed by atoms with Gasteiger partial charge < -0.3 is 0 Å². The first kappa shape index (κ1) is 12.2. The molecule has 0 radical (unpaired) electrons. The minimum absolute atomic E-state index is 0.682. The summed E-state index contributed by atoms with van der Waals surface area (Å²) in [6.07, 6.45) is 1.96. The molecule has 0 atom stereocenters. The zero-order valence-electron chi connectivity index (χ0n) is 11.0. The van der Waals surface area contributed by atoms with E-state index in [1.807, 2.05) is 60.7 Å². The summed E-state index contributed by atoms with van der Waals surface area (Å²) in [5.74, 6) is 0. The van der Waals surface area contributed by atoms with E-state index in [2.05, 4.69) is 24.3 Å². The van der Waals surface area contributed by atoms with Crippen molar-refractivity contribution in [3.8, 4) is 6.07 Å². The molecule has 0 heterocycles. The highest BCUT2D eigenvalue weighted by molar-refractivity contribution is 5.98. The van der Waals surface area contributed by atoms with Crippen LogP contribution in [0.4, 0.5) is 0 Å². The van der Waals surface area contributed by atoms with Crippen LogP contribution in [0.15, 0.2) is 72.8 Å². The molecule has 0 unspecified atom stereocenters. The fraction of sp³-hybridized carbons (Fsp3) is 0. The Bertz CT molecular complexity index is 803. The van der Waals surface area contributed by atoms with Crippen LogP contribution in [0.2, 0.25) is 0 Å². The maximum absolute atomic E-state index is 9.39. The Labute approximate surface area is 118 Å². The first-order valence-corrected chi connectivity index (χ1v) is 6.53. The lowest BCUT2D eigenvalue weighted by Crippen LogP contribution is -1.83. The van der Waals surface area contributed by atoms with Crippen molar-refractivity contribution in [3.63, 3.8) is 0 Å². The van der Waals surface area contributed by atoms with Crippen LogP contribution in [0.1, 0.15) is 11.1 Å². The predicted molar refractivity (Wildman–Crippen MR) is 83.9 cm³/mol. The van der Waals surface area contributed by atoms with Crippen LogP contribution < -0.4 is 0 Å². The molecule has 1 heteroatoms. The summed E-state index contributed by atoms with van der Waals surface area (Å²) in [4.78, 5) is 0. The summed E-state index contributed by atoms with van der Waals surface area (Å²) in [6.45, 7) is 0. The zero-order chi connectivity index (χ0) is 13.8. The highest BCUT2D eigenvalue weighted by Gasteiger charge is 2.02. The van der Waals surface area contributed by atoms with Crippen LogP contribution in [0.3, 0.4) is 0 Å². The van der Waals surface area contributed by atoms with Gasteiger partial charge in [-0.1, -0.05) is 72.8 Å². The number of benzene rings is 3. The molecule has 0 saturated carbocycles. The van der Waals surface area contributed by atoms with E-state index in [0.717, 1.165) is 11.1 Å². The molecule has 0 aliphatic carbocycles. The van der Waals surface area contributed by atoms with E-state index in [1.54, 1.807) is 0 Å². The molecule has 94 valence electrons. The molecule has 1 nitrogen and oxygen atoms in total. The maximum atomic E-state index is 9.39. The third-order valence-electron chi connectivity index (χ3n) is 3.33. The van der Waals surface area contributed by atoms with Crippen molar-refractivity contribution in [3.05, 3.63) is 83.9 Å². The lowest BCUT2D eigenvalue weighted by molar-refractivity contribution is 1.52. The van der Waals surface area contributed by atoms with Gasteiger partial charge in [0.1, 0.15) is 0 Å². The van der Waals surface area contributed by atoms with Crippen molar-refractivity contribution in [1.29, 1.82) is 5.26 Å². The summed E-state index contributed by atoms with van der Waals surface area (Å²) in [7, 11) is 0. The van der Waals surface area contributed by atoms with Gasteiger partial charge in [0.05, 0.1) is 11.6 Å². The van der Waals surface area contributed by atoms with Gasteiger partial charge in [-0.05, 0) is 28.0 Å². The summed E-state index contributed by atoms with van der Waals surface area (Å²) in [6, 6.07) is 26.4. The highest BCUT2D eigenvalue weighted by Crippen LogP contribution is 2.23. The van der Waals surface area contributed by atoms with Crippen molar-refractivity contribution in [2.75, 3.05) is 0 Å². The topological polar surface area (TPSA) is 23.8 Å². The molecular weight excluding hydrogens is 242 g/mol. The van der Waals surface area contributed by atoms with Crippen molar-refractivity contribution < 1.29 is 0 Å². The molecule has 0 aromatic heterocycles. The molecule has 0 amide bonds. The smallest absolute Gasteiger partial charge is 0.0998 e. The number of fused-ring (bicyclic) bond motifs is 1. The van der Waals surface area contributed by atoms with Crippen LogP contribution in [0.5, 0.6) is 0 Å². The fourth-order valence-electron chi connectivity index (χ4n) is 2.33. The fourth-order valence-corrected chi connectivity index (χ4v) is 2.33. The summed E-state index contributed by atoms with van der Waals surface area (Å²) in [5, 5.41) is 11.7. The molecule has 0 aliphatic rings. The minimum Gasteiger partial charge on any atom is -0.192 e. The normalized spacial score (nSPS) is 11.2. The summed E-state index contributed by atoms with van der Waals surface area (Å²) >= 11 is 0. The van der Waals surface area contributed by atoms with Gasteiger partial charge in [-0.3, -0.25) is 0 Å². The number of hydrogen-bond donors (Lipinski definition) is 0. The van der Waals surface area contributed by atoms with E-state index < -0.39 is 0 Å². The van der Waals surface area contributed by atoms with Crippen molar-refractivity contribution in [2.24, 2.45) is 0 Å². The number of rotatable bonds is 2. The van der Waals surface area contributed by atoms with Gasteiger partial charge in [0.25, 0.3) is 0 Å². The Morgan fingerprint density at radius 2 is 1.50 bits per heavy atom. The minimum atomic E-state index is 0.682. The van der Waals surface area contributed by atoms with Gasteiger partial charge in [0.15, 0.2) is 0 Å². The molecule has 20 heavy (non-hydrogen) atoms. The Kier molecular flexibility index (Phi) is 3.31. The molecule has 3 aromatic rings. The average molecular weight is 255 g/mol. The molecule has 0 aliphatic heterocycles. The second kappa shape index (κ2) is 5.42. The number of allylic oxidation sites excluding steroid dienone is 1. The number of nitriles is 1. The molecular formula is C19H13N. The largest absolute Gasteiger partial charge is 0.192 e. The molecule has 0 saturated heterocycles. The third-order valence-corrected chi connectivity index (χ3v) is 3.33. The lowest BCUT2D eigenvalue weighted by atomic mass is 10.00. The van der Waals surface area contributed by atoms with Crippen molar-refractivity contribution >= 4 is 22.4 Å². The van der Waals surface area contributed by atoms with E-state index in [-0.39, 0.29) is 0 Å². The second-order valence-corrected chi connectivity index (χ2v) is 4.60. The SMILES string of the molecule is N#C/C(=C\c1cccc2ccccc12)c1ccccc1. The molecule has 0 fully saturated rings. The van der Waals surface area contributed by atoms with Crippen molar-refractivity contribution in [2.45, 2.75) is 0 Å². The monoisotopic (exact) mass is 255 g/mol. The molecule has 0 N–H and O–H groups in total. The van der Waals surface area contributed by atoms with E-state index in [9.17, 15) is 5.26 Å². The van der Waals surface area contributed by atoms with E-state index in [1.165, 1.54) is 10.8 Å². The number of nitrogens with zero attached hydrogens (tertiary/aromatic N) is 1. The van der Waals surface area contributed by atoms with Gasteiger partial charge in [0.2, 0.25) is 0 Å². The van der Waals surface area contributed by atoms with E-state index in [0.29, 0.717) is 5.57 Å².